The molecule has 4 rings (SSSR count). The molecular formula is C26H27N2O+. The van der Waals surface area contributed by atoms with Gasteiger partial charge in [0.25, 0.3) is 0 Å². The first kappa shape index (κ1) is 19.2. The molecule has 3 aromatic rings. The molecule has 1 aliphatic heterocycles. The Kier molecular flexibility index (Phi) is 6.18. The van der Waals surface area contributed by atoms with Crippen LogP contribution in [0.25, 0.3) is 6.08 Å². The molecule has 1 aliphatic rings. The Morgan fingerprint density at radius 2 is 1.24 bits per heavy atom. The zero-order valence-corrected chi connectivity index (χ0v) is 16.6. The second kappa shape index (κ2) is 9.35. The average Bonchev–Trinajstić information content (AvgIpc) is 2.80. The van der Waals surface area contributed by atoms with Crippen LogP contribution in [0.1, 0.15) is 22.7 Å². The van der Waals surface area contributed by atoms with E-state index in [1.54, 1.807) is 6.08 Å². The van der Waals surface area contributed by atoms with Gasteiger partial charge in [0.2, 0.25) is 5.91 Å². The second-order valence-electron chi connectivity index (χ2n) is 7.48. The average molecular weight is 384 g/mol. The molecule has 1 N–H and O–H groups in total. The van der Waals surface area contributed by atoms with Gasteiger partial charge in [0.15, 0.2) is 0 Å². The molecule has 1 amide bonds. The lowest BCUT2D eigenvalue weighted by Gasteiger charge is -2.36. The number of quaternary nitrogens is 1. The summed E-state index contributed by atoms with van der Waals surface area (Å²) in [5.74, 6) is 0.101. The zero-order chi connectivity index (χ0) is 19.9. The smallest absolute Gasteiger partial charge is 0.246 e. The van der Waals surface area contributed by atoms with Gasteiger partial charge in [-0.2, -0.15) is 0 Å². The number of amides is 1. The van der Waals surface area contributed by atoms with Gasteiger partial charge < -0.3 is 9.80 Å². The van der Waals surface area contributed by atoms with Crippen molar-refractivity contribution in [3.05, 3.63) is 114 Å². The minimum atomic E-state index is 0.101. The molecule has 146 valence electrons. The van der Waals surface area contributed by atoms with Crippen molar-refractivity contribution in [2.24, 2.45) is 0 Å². The quantitative estimate of drug-likeness (QED) is 0.673. The fourth-order valence-corrected chi connectivity index (χ4v) is 4.09. The van der Waals surface area contributed by atoms with Gasteiger partial charge >= 0.3 is 0 Å². The van der Waals surface area contributed by atoms with Crippen LogP contribution in [0.2, 0.25) is 0 Å². The van der Waals surface area contributed by atoms with E-state index in [1.807, 2.05) is 41.3 Å². The van der Waals surface area contributed by atoms with E-state index in [1.165, 1.54) is 16.0 Å². The number of rotatable bonds is 5. The lowest BCUT2D eigenvalue weighted by molar-refractivity contribution is -0.929. The lowest BCUT2D eigenvalue weighted by Crippen LogP contribution is -3.15. The summed E-state index contributed by atoms with van der Waals surface area (Å²) in [6.07, 6.45) is 3.60. The highest BCUT2D eigenvalue weighted by molar-refractivity contribution is 5.91. The molecule has 29 heavy (non-hydrogen) atoms. The molecule has 0 saturated carbocycles. The number of carbonyl (C=O) groups is 1. The number of nitrogens with one attached hydrogen (secondary N) is 1. The Morgan fingerprint density at radius 3 is 1.76 bits per heavy atom. The molecule has 1 saturated heterocycles. The van der Waals surface area contributed by atoms with Gasteiger partial charge in [0.05, 0.1) is 26.2 Å². The van der Waals surface area contributed by atoms with Crippen molar-refractivity contribution in [3.8, 4) is 0 Å². The minimum Gasteiger partial charge on any atom is -0.328 e. The van der Waals surface area contributed by atoms with Crippen LogP contribution in [-0.4, -0.2) is 37.0 Å². The van der Waals surface area contributed by atoms with Crippen LogP contribution in [0.15, 0.2) is 97.1 Å². The summed E-state index contributed by atoms with van der Waals surface area (Å²) < 4.78 is 0. The normalized spacial score (nSPS) is 15.1. The Morgan fingerprint density at radius 1 is 0.759 bits per heavy atom. The summed E-state index contributed by atoms with van der Waals surface area (Å²) in [5.41, 5.74) is 3.72. The number of piperazine rings is 1. The fourth-order valence-electron chi connectivity index (χ4n) is 4.09. The molecule has 3 nitrogen and oxygen atoms in total. The van der Waals surface area contributed by atoms with Crippen molar-refractivity contribution >= 4 is 12.0 Å². The first-order valence-electron chi connectivity index (χ1n) is 10.3. The summed E-state index contributed by atoms with van der Waals surface area (Å²) in [5, 5.41) is 0. The maximum absolute atomic E-state index is 12.6. The molecule has 1 fully saturated rings. The Labute approximate surface area is 172 Å². The Balaban J connectivity index is 1.44. The van der Waals surface area contributed by atoms with E-state index in [2.05, 4.69) is 60.7 Å². The fraction of sp³-hybridized carbons (Fsp3) is 0.192. The first-order valence-corrected chi connectivity index (χ1v) is 10.3. The van der Waals surface area contributed by atoms with Gasteiger partial charge in [-0.25, -0.2) is 0 Å². The highest BCUT2D eigenvalue weighted by atomic mass is 16.2. The van der Waals surface area contributed by atoms with Gasteiger partial charge in [0.1, 0.15) is 6.04 Å². The van der Waals surface area contributed by atoms with Gasteiger partial charge in [-0.15, -0.1) is 0 Å². The second-order valence-corrected chi connectivity index (χ2v) is 7.48. The largest absolute Gasteiger partial charge is 0.328 e. The number of nitrogens with zero attached hydrogens (tertiary/aromatic N) is 1. The van der Waals surface area contributed by atoms with E-state index in [9.17, 15) is 4.79 Å². The maximum Gasteiger partial charge on any atom is 0.246 e. The number of carbonyl (C=O) groups excluding carboxylic acids is 1. The summed E-state index contributed by atoms with van der Waals surface area (Å²) in [4.78, 5) is 16.1. The number of hydrogen-bond donors (Lipinski definition) is 1. The van der Waals surface area contributed by atoms with Crippen LogP contribution in [0.3, 0.4) is 0 Å². The van der Waals surface area contributed by atoms with Gasteiger partial charge in [-0.3, -0.25) is 4.79 Å². The highest BCUT2D eigenvalue weighted by Gasteiger charge is 2.30. The molecule has 0 aromatic heterocycles. The van der Waals surface area contributed by atoms with Crippen LogP contribution in [0.5, 0.6) is 0 Å². The van der Waals surface area contributed by atoms with Gasteiger partial charge in [0, 0.05) is 17.2 Å². The van der Waals surface area contributed by atoms with Crippen molar-refractivity contribution in [3.63, 3.8) is 0 Å². The molecule has 0 unspecified atom stereocenters. The molecule has 0 atom stereocenters. The van der Waals surface area contributed by atoms with Crippen LogP contribution in [0, 0.1) is 0 Å². The molecule has 0 aliphatic carbocycles. The first-order chi connectivity index (χ1) is 14.3. The van der Waals surface area contributed by atoms with Crippen molar-refractivity contribution in [1.29, 1.82) is 0 Å². The van der Waals surface area contributed by atoms with Crippen molar-refractivity contribution in [1.82, 2.24) is 4.90 Å². The summed E-state index contributed by atoms with van der Waals surface area (Å²) in [6.45, 7) is 3.45. The molecule has 3 aromatic carbocycles. The van der Waals surface area contributed by atoms with E-state index in [0.29, 0.717) is 6.04 Å². The maximum atomic E-state index is 12.6. The third-order valence-corrected chi connectivity index (χ3v) is 5.61. The van der Waals surface area contributed by atoms with Crippen molar-refractivity contribution in [2.45, 2.75) is 6.04 Å². The minimum absolute atomic E-state index is 0.101. The monoisotopic (exact) mass is 383 g/mol. The van der Waals surface area contributed by atoms with Crippen molar-refractivity contribution in [2.75, 3.05) is 26.2 Å². The molecule has 3 heteroatoms. The summed E-state index contributed by atoms with van der Waals surface area (Å²) >= 11 is 0. The van der Waals surface area contributed by atoms with E-state index < -0.39 is 0 Å². The highest BCUT2D eigenvalue weighted by Crippen LogP contribution is 2.19. The van der Waals surface area contributed by atoms with E-state index in [0.717, 1.165) is 31.7 Å². The number of hydrogen-bond acceptors (Lipinski definition) is 1. The molecule has 0 spiro atoms. The van der Waals surface area contributed by atoms with Crippen LogP contribution >= 0.6 is 0 Å². The lowest BCUT2D eigenvalue weighted by atomic mass is 9.96. The summed E-state index contributed by atoms with van der Waals surface area (Å²) in [6, 6.07) is 31.7. The molecular weight excluding hydrogens is 356 g/mol. The van der Waals surface area contributed by atoms with Crippen LogP contribution in [-0.2, 0) is 4.79 Å². The van der Waals surface area contributed by atoms with E-state index in [-0.39, 0.29) is 5.91 Å². The van der Waals surface area contributed by atoms with Gasteiger partial charge in [-0.05, 0) is 11.6 Å². The predicted octanol–water partition coefficient (Wildman–Crippen LogP) is 3.22. The van der Waals surface area contributed by atoms with Gasteiger partial charge in [-0.1, -0.05) is 91.0 Å². The topological polar surface area (TPSA) is 24.8 Å². The molecule has 1 heterocycles. The summed E-state index contributed by atoms with van der Waals surface area (Å²) in [7, 11) is 0. The number of benzene rings is 3. The predicted molar refractivity (Wildman–Crippen MR) is 117 cm³/mol. The molecule has 0 radical (unpaired) electrons. The third kappa shape index (κ3) is 4.82. The third-order valence-electron chi connectivity index (χ3n) is 5.61. The van der Waals surface area contributed by atoms with E-state index in [4.69, 9.17) is 0 Å². The molecule has 0 bridgehead atoms. The van der Waals surface area contributed by atoms with Crippen molar-refractivity contribution < 1.29 is 9.69 Å². The standard InChI is InChI=1S/C26H26N2O/c29-25(17-16-22-10-4-1-5-11-22)27-18-20-28(21-19-27)26(23-12-6-2-7-13-23)24-14-8-3-9-15-24/h1-17,26H,18-21H2/p+1/b17-16-. The Hall–Kier alpha value is -3.17. The Bertz CT molecular complexity index is 891. The van der Waals surface area contributed by atoms with Crippen LogP contribution < -0.4 is 4.90 Å². The van der Waals surface area contributed by atoms with Crippen LogP contribution in [0.4, 0.5) is 0 Å². The van der Waals surface area contributed by atoms with E-state index >= 15 is 0 Å². The zero-order valence-electron chi connectivity index (χ0n) is 16.6. The SMILES string of the molecule is O=C(/C=C\c1ccccc1)N1CC[NH+](C(c2ccccc2)c2ccccc2)CC1.